The number of carbonyl (C=O) groups is 2. The smallest absolute Gasteiger partial charge is 0.255 e. The molecule has 0 aromatic heterocycles. The molecule has 1 unspecified atom stereocenters. The lowest BCUT2D eigenvalue weighted by atomic mass is 9.87. The molecule has 3 aliphatic rings. The van der Waals surface area contributed by atoms with Crippen LogP contribution in [0.25, 0.3) is 0 Å². The van der Waals surface area contributed by atoms with Crippen LogP contribution in [0.1, 0.15) is 55.5 Å². The van der Waals surface area contributed by atoms with E-state index >= 15 is 0 Å². The molecule has 1 aromatic carbocycles. The number of allylic oxidation sites excluding steroid dienone is 1. The molecule has 1 aliphatic carbocycles. The van der Waals surface area contributed by atoms with Crippen molar-refractivity contribution in [3.63, 3.8) is 0 Å². The number of hydrogen-bond donors (Lipinski definition) is 1. The fourth-order valence-electron chi connectivity index (χ4n) is 4.58. The van der Waals surface area contributed by atoms with E-state index in [1.54, 1.807) is 4.90 Å². The van der Waals surface area contributed by atoms with Crippen molar-refractivity contribution in [3.8, 4) is 5.75 Å². The highest BCUT2D eigenvalue weighted by Gasteiger charge is 2.39. The number of rotatable bonds is 6. The lowest BCUT2D eigenvalue weighted by Gasteiger charge is -2.43. The zero-order valence-corrected chi connectivity index (χ0v) is 16.7. The first-order valence-corrected chi connectivity index (χ1v) is 10.3. The van der Waals surface area contributed by atoms with Crippen LogP contribution in [0.15, 0.2) is 30.5 Å². The van der Waals surface area contributed by atoms with Gasteiger partial charge in [-0.2, -0.15) is 0 Å². The molecule has 2 aliphatic heterocycles. The maximum absolute atomic E-state index is 12.8. The SMILES string of the molecule is C=C1CCC(N2Cc3cc(O[C@@H]4CC[C@H]4N(CC)CC)ccc3C2=O)C(=O)N1. The molecule has 28 heavy (non-hydrogen) atoms. The molecule has 150 valence electrons. The summed E-state index contributed by atoms with van der Waals surface area (Å²) in [6.45, 7) is 10.7. The molecule has 1 saturated carbocycles. The van der Waals surface area contributed by atoms with Crippen molar-refractivity contribution in [1.82, 2.24) is 15.1 Å². The molecule has 1 saturated heterocycles. The van der Waals surface area contributed by atoms with E-state index in [0.717, 1.165) is 36.5 Å². The Labute approximate surface area is 166 Å². The predicted octanol–water partition coefficient (Wildman–Crippen LogP) is 2.69. The minimum Gasteiger partial charge on any atom is -0.489 e. The summed E-state index contributed by atoms with van der Waals surface area (Å²) in [5.41, 5.74) is 2.35. The van der Waals surface area contributed by atoms with Crippen LogP contribution in [0.2, 0.25) is 0 Å². The molecule has 2 fully saturated rings. The molecule has 0 spiro atoms. The third-order valence-corrected chi connectivity index (χ3v) is 6.35. The Bertz CT molecular complexity index is 802. The predicted molar refractivity (Wildman–Crippen MR) is 107 cm³/mol. The maximum atomic E-state index is 12.8. The molecule has 0 radical (unpaired) electrons. The van der Waals surface area contributed by atoms with Gasteiger partial charge in [0.1, 0.15) is 17.9 Å². The first-order valence-electron chi connectivity index (χ1n) is 10.3. The van der Waals surface area contributed by atoms with Gasteiger partial charge in [-0.3, -0.25) is 14.5 Å². The van der Waals surface area contributed by atoms with Crippen molar-refractivity contribution in [1.29, 1.82) is 0 Å². The number of carbonyl (C=O) groups excluding carboxylic acids is 2. The van der Waals surface area contributed by atoms with Gasteiger partial charge in [-0.25, -0.2) is 0 Å². The van der Waals surface area contributed by atoms with Gasteiger partial charge in [-0.1, -0.05) is 20.4 Å². The Balaban J connectivity index is 1.45. The first kappa shape index (κ1) is 19.0. The average Bonchev–Trinajstić information content (AvgIpc) is 2.99. The Morgan fingerprint density at radius 3 is 2.64 bits per heavy atom. The van der Waals surface area contributed by atoms with E-state index in [4.69, 9.17) is 4.74 Å². The van der Waals surface area contributed by atoms with Crippen molar-refractivity contribution in [2.75, 3.05) is 13.1 Å². The number of piperidine rings is 1. The highest BCUT2D eigenvalue weighted by molar-refractivity contribution is 6.01. The molecule has 4 rings (SSSR count). The molecule has 6 nitrogen and oxygen atoms in total. The summed E-state index contributed by atoms with van der Waals surface area (Å²) in [5.74, 6) is 0.612. The number of amides is 2. The largest absolute Gasteiger partial charge is 0.489 e. The first-order chi connectivity index (χ1) is 13.5. The highest BCUT2D eigenvalue weighted by Crippen LogP contribution is 2.34. The quantitative estimate of drug-likeness (QED) is 0.820. The zero-order valence-electron chi connectivity index (χ0n) is 16.7. The van der Waals surface area contributed by atoms with Gasteiger partial charge in [-0.05, 0) is 62.5 Å². The fourth-order valence-corrected chi connectivity index (χ4v) is 4.58. The summed E-state index contributed by atoms with van der Waals surface area (Å²) in [6, 6.07) is 5.76. The van der Waals surface area contributed by atoms with Gasteiger partial charge in [0.05, 0.1) is 0 Å². The number of fused-ring (bicyclic) bond motifs is 1. The van der Waals surface area contributed by atoms with Crippen LogP contribution in [0.5, 0.6) is 5.75 Å². The molecule has 1 N–H and O–H groups in total. The van der Waals surface area contributed by atoms with Crippen LogP contribution in [-0.4, -0.2) is 52.9 Å². The van der Waals surface area contributed by atoms with Crippen LogP contribution in [-0.2, 0) is 11.3 Å². The third-order valence-electron chi connectivity index (χ3n) is 6.35. The monoisotopic (exact) mass is 383 g/mol. The number of hydrogen-bond acceptors (Lipinski definition) is 4. The summed E-state index contributed by atoms with van der Waals surface area (Å²) in [4.78, 5) is 29.3. The molecule has 0 bridgehead atoms. The van der Waals surface area contributed by atoms with Crippen molar-refractivity contribution in [2.24, 2.45) is 0 Å². The molecular weight excluding hydrogens is 354 g/mol. The van der Waals surface area contributed by atoms with Gasteiger partial charge in [0.2, 0.25) is 5.91 Å². The van der Waals surface area contributed by atoms with Gasteiger partial charge < -0.3 is 15.0 Å². The summed E-state index contributed by atoms with van der Waals surface area (Å²) in [5, 5.41) is 2.78. The van der Waals surface area contributed by atoms with E-state index in [2.05, 4.69) is 30.6 Å². The number of benzene rings is 1. The normalized spacial score (nSPS) is 26.9. The Morgan fingerprint density at radius 2 is 2.00 bits per heavy atom. The van der Waals surface area contributed by atoms with E-state index in [9.17, 15) is 9.59 Å². The molecule has 2 heterocycles. The second kappa shape index (κ2) is 7.59. The summed E-state index contributed by atoms with van der Waals surface area (Å²) < 4.78 is 6.26. The minimum absolute atomic E-state index is 0.0705. The lowest BCUT2D eigenvalue weighted by molar-refractivity contribution is -0.126. The number of likely N-dealkylation sites (N-methyl/N-ethyl adjacent to an activating group) is 1. The van der Waals surface area contributed by atoms with Crippen LogP contribution in [0, 0.1) is 0 Å². The molecule has 6 heteroatoms. The molecule has 2 amide bonds. The second-order valence-electron chi connectivity index (χ2n) is 7.92. The summed E-state index contributed by atoms with van der Waals surface area (Å²) in [6.07, 6.45) is 3.78. The minimum atomic E-state index is -0.423. The van der Waals surface area contributed by atoms with E-state index in [1.807, 2.05) is 18.2 Å². The van der Waals surface area contributed by atoms with Gasteiger partial charge >= 0.3 is 0 Å². The fraction of sp³-hybridized carbons (Fsp3) is 0.545. The Hall–Kier alpha value is -2.34. The Morgan fingerprint density at radius 1 is 1.21 bits per heavy atom. The van der Waals surface area contributed by atoms with Crippen molar-refractivity contribution < 1.29 is 14.3 Å². The highest BCUT2D eigenvalue weighted by atomic mass is 16.5. The third kappa shape index (κ3) is 3.30. The summed E-state index contributed by atoms with van der Waals surface area (Å²) >= 11 is 0. The van der Waals surface area contributed by atoms with Crippen molar-refractivity contribution in [2.45, 2.75) is 64.3 Å². The number of ether oxygens (including phenoxy) is 1. The van der Waals surface area contributed by atoms with E-state index in [0.29, 0.717) is 31.0 Å². The topological polar surface area (TPSA) is 61.9 Å². The Kier molecular flexibility index (Phi) is 5.15. The van der Waals surface area contributed by atoms with Crippen LogP contribution in [0.3, 0.4) is 0 Å². The number of nitrogens with one attached hydrogen (secondary N) is 1. The van der Waals surface area contributed by atoms with Crippen LogP contribution >= 0.6 is 0 Å². The average molecular weight is 383 g/mol. The molecular formula is C22H29N3O3. The standard InChI is InChI=1S/C22H29N3O3/c1-4-24(5-2)18-10-11-20(18)28-16-7-8-17-15(12-16)13-25(22(17)27)19-9-6-14(3)23-21(19)26/h7-8,12,18-20H,3-6,9-11,13H2,1-2H3,(H,23,26)/t18-,19?,20-/m1/s1. The van der Waals surface area contributed by atoms with Gasteiger partial charge in [0, 0.05) is 23.8 Å². The van der Waals surface area contributed by atoms with Gasteiger partial charge in [0.15, 0.2) is 0 Å². The van der Waals surface area contributed by atoms with Crippen LogP contribution < -0.4 is 10.1 Å². The van der Waals surface area contributed by atoms with Crippen LogP contribution in [0.4, 0.5) is 0 Å². The van der Waals surface area contributed by atoms with E-state index in [-0.39, 0.29) is 17.9 Å². The van der Waals surface area contributed by atoms with Gasteiger partial charge in [0.25, 0.3) is 5.91 Å². The van der Waals surface area contributed by atoms with E-state index in [1.165, 1.54) is 6.42 Å². The molecule has 3 atom stereocenters. The lowest BCUT2D eigenvalue weighted by Crippen LogP contribution is -2.53. The van der Waals surface area contributed by atoms with Crippen molar-refractivity contribution >= 4 is 11.8 Å². The van der Waals surface area contributed by atoms with Crippen molar-refractivity contribution in [3.05, 3.63) is 41.6 Å². The van der Waals surface area contributed by atoms with E-state index < -0.39 is 6.04 Å². The zero-order chi connectivity index (χ0) is 19.8. The second-order valence-corrected chi connectivity index (χ2v) is 7.92. The summed E-state index contributed by atoms with van der Waals surface area (Å²) in [7, 11) is 0. The molecule has 1 aromatic rings. The van der Waals surface area contributed by atoms with Gasteiger partial charge in [-0.15, -0.1) is 0 Å². The maximum Gasteiger partial charge on any atom is 0.255 e. The number of nitrogens with zero attached hydrogens (tertiary/aromatic N) is 2.